The molecule has 214 valence electrons. The van der Waals surface area contributed by atoms with Crippen molar-refractivity contribution in [2.45, 2.75) is 69.9 Å². The number of pyridine rings is 1. The van der Waals surface area contributed by atoms with E-state index in [9.17, 15) is 19.1 Å². The summed E-state index contributed by atoms with van der Waals surface area (Å²) in [4.78, 5) is 39.7. The Morgan fingerprint density at radius 3 is 2.69 bits per heavy atom. The van der Waals surface area contributed by atoms with E-state index in [1.54, 1.807) is 26.2 Å². The van der Waals surface area contributed by atoms with E-state index in [0.717, 1.165) is 50.2 Å². The first-order chi connectivity index (χ1) is 18.7. The average molecular weight is 545 g/mol. The molecule has 0 spiro atoms. The van der Waals surface area contributed by atoms with Crippen molar-refractivity contribution in [2.75, 3.05) is 45.3 Å². The summed E-state index contributed by atoms with van der Waals surface area (Å²) in [7, 11) is 1.47. The maximum Gasteiger partial charge on any atom is 0.326 e. The van der Waals surface area contributed by atoms with Crippen LogP contribution in [0.2, 0.25) is 0 Å². The summed E-state index contributed by atoms with van der Waals surface area (Å²) in [5, 5.41) is 15.8. The molecule has 2 unspecified atom stereocenters. The molecular weight excluding hydrogens is 503 g/mol. The fourth-order valence-electron chi connectivity index (χ4n) is 4.58. The van der Waals surface area contributed by atoms with Gasteiger partial charge in [-0.25, -0.2) is 24.1 Å². The largest absolute Gasteiger partial charge is 0.480 e. The number of carbonyl (C=O) groups excluding carboxylic acids is 1. The highest BCUT2D eigenvalue weighted by Crippen LogP contribution is 2.22. The van der Waals surface area contributed by atoms with Gasteiger partial charge >= 0.3 is 5.97 Å². The summed E-state index contributed by atoms with van der Waals surface area (Å²) < 4.78 is 18.7. The maximum absolute atomic E-state index is 13.4. The predicted molar refractivity (Wildman–Crippen MR) is 146 cm³/mol. The standard InChI is InChI=1S/C28H41FN6O4/c1-28(2,21-16-30-19-31-17-21)27(38)34-24(26(36)37)11-14-35(18-23(15-29)39-3)13-5-4-8-22-10-9-20-7-6-12-32-25(20)33-22/h9-10,16-17,19,23-24H,4-8,11-15,18H2,1-3H3,(H,32,33)(H,34,38)(H,36,37). The Balaban J connectivity index is 1.55. The number of aryl methyl sites for hydroxylation is 2. The van der Waals surface area contributed by atoms with Gasteiger partial charge in [0.25, 0.3) is 0 Å². The van der Waals surface area contributed by atoms with Crippen molar-refractivity contribution in [3.05, 3.63) is 47.7 Å². The number of anilines is 1. The quantitative estimate of drug-likeness (QED) is 0.273. The fraction of sp³-hybridized carbons (Fsp3) is 0.607. The maximum atomic E-state index is 13.4. The molecule has 1 aliphatic rings. The fourth-order valence-corrected chi connectivity index (χ4v) is 4.58. The van der Waals surface area contributed by atoms with E-state index in [2.05, 4.69) is 32.7 Å². The third-order valence-electron chi connectivity index (χ3n) is 7.26. The van der Waals surface area contributed by atoms with Crippen molar-refractivity contribution in [1.82, 2.24) is 25.2 Å². The van der Waals surface area contributed by atoms with Gasteiger partial charge in [0.05, 0.1) is 11.5 Å². The van der Waals surface area contributed by atoms with Crippen LogP contribution in [-0.4, -0.2) is 88.9 Å². The van der Waals surface area contributed by atoms with Gasteiger partial charge in [-0.1, -0.05) is 6.07 Å². The van der Waals surface area contributed by atoms with Crippen LogP contribution >= 0.6 is 0 Å². The van der Waals surface area contributed by atoms with E-state index < -0.39 is 36.1 Å². The molecule has 0 saturated heterocycles. The van der Waals surface area contributed by atoms with Gasteiger partial charge in [-0.05, 0) is 70.5 Å². The number of alkyl halides is 1. The lowest BCUT2D eigenvalue weighted by Gasteiger charge is -2.29. The number of carbonyl (C=O) groups is 2. The second kappa shape index (κ2) is 14.8. The Hall–Kier alpha value is -3.18. The molecule has 2 aromatic heterocycles. The molecule has 0 aromatic carbocycles. The zero-order chi connectivity index (χ0) is 28.3. The minimum atomic E-state index is -1.12. The number of fused-ring (bicyclic) bond motifs is 1. The van der Waals surface area contributed by atoms with E-state index in [0.29, 0.717) is 25.2 Å². The first-order valence-corrected chi connectivity index (χ1v) is 13.6. The van der Waals surface area contributed by atoms with Crippen LogP contribution in [0.15, 0.2) is 30.9 Å². The van der Waals surface area contributed by atoms with Crippen molar-refractivity contribution >= 4 is 17.7 Å². The minimum absolute atomic E-state index is 0.170. The number of carboxylic acid groups (broad SMARTS) is 1. The normalized spacial score (nSPS) is 14.8. The van der Waals surface area contributed by atoms with Crippen molar-refractivity contribution in [3.8, 4) is 0 Å². The molecule has 0 aliphatic carbocycles. The van der Waals surface area contributed by atoms with E-state index >= 15 is 0 Å². The van der Waals surface area contributed by atoms with Gasteiger partial charge < -0.3 is 25.4 Å². The molecule has 0 bridgehead atoms. The molecule has 3 heterocycles. The van der Waals surface area contributed by atoms with Crippen LogP contribution in [0.3, 0.4) is 0 Å². The molecule has 0 fully saturated rings. The second-order valence-corrected chi connectivity index (χ2v) is 10.5. The lowest BCUT2D eigenvalue weighted by molar-refractivity contribution is -0.143. The molecular formula is C28H41FN6O4. The summed E-state index contributed by atoms with van der Waals surface area (Å²) in [5.74, 6) is -0.568. The number of hydrogen-bond acceptors (Lipinski definition) is 8. The summed E-state index contributed by atoms with van der Waals surface area (Å²) in [6.07, 6.45) is 8.75. The van der Waals surface area contributed by atoms with Gasteiger partial charge in [0.1, 0.15) is 24.9 Å². The highest BCUT2D eigenvalue weighted by molar-refractivity contribution is 5.90. The number of nitrogens with one attached hydrogen (secondary N) is 2. The molecule has 0 saturated carbocycles. The number of ether oxygens (including phenoxy) is 1. The number of halogens is 1. The number of amides is 1. The summed E-state index contributed by atoms with van der Waals surface area (Å²) in [6.45, 7) is 5.06. The minimum Gasteiger partial charge on any atom is -0.480 e. The number of hydrogen-bond donors (Lipinski definition) is 3. The molecule has 3 rings (SSSR count). The van der Waals surface area contributed by atoms with Crippen molar-refractivity contribution in [2.24, 2.45) is 0 Å². The molecule has 11 heteroatoms. The van der Waals surface area contributed by atoms with E-state index in [-0.39, 0.29) is 6.42 Å². The van der Waals surface area contributed by atoms with Crippen LogP contribution < -0.4 is 10.6 Å². The third-order valence-corrected chi connectivity index (χ3v) is 7.26. The van der Waals surface area contributed by atoms with E-state index in [4.69, 9.17) is 9.72 Å². The molecule has 10 nitrogen and oxygen atoms in total. The van der Waals surface area contributed by atoms with Gasteiger partial charge in [0.15, 0.2) is 0 Å². The van der Waals surface area contributed by atoms with Crippen molar-refractivity contribution < 1.29 is 23.8 Å². The van der Waals surface area contributed by atoms with Crippen LogP contribution in [0, 0.1) is 0 Å². The molecule has 3 N–H and O–H groups in total. The van der Waals surface area contributed by atoms with Crippen molar-refractivity contribution in [1.29, 1.82) is 0 Å². The lowest BCUT2D eigenvalue weighted by Crippen LogP contribution is -2.49. The van der Waals surface area contributed by atoms with Crippen LogP contribution in [0.4, 0.5) is 10.2 Å². The number of rotatable bonds is 16. The van der Waals surface area contributed by atoms with E-state index in [1.807, 2.05) is 4.90 Å². The molecule has 1 aliphatic heterocycles. The van der Waals surface area contributed by atoms with Crippen LogP contribution in [-0.2, 0) is 32.6 Å². The zero-order valence-electron chi connectivity index (χ0n) is 23.2. The number of methoxy groups -OCH3 is 1. The smallest absolute Gasteiger partial charge is 0.326 e. The number of carboxylic acids is 1. The summed E-state index contributed by atoms with van der Waals surface area (Å²) in [6, 6.07) is 3.13. The van der Waals surface area contributed by atoms with Crippen LogP contribution in [0.1, 0.15) is 56.4 Å². The number of aromatic nitrogens is 3. The van der Waals surface area contributed by atoms with Gasteiger partial charge in [0.2, 0.25) is 5.91 Å². The SMILES string of the molecule is COC(CF)CN(CCCCc1ccc2c(n1)NCCC2)CCC(NC(=O)C(C)(C)c1cncnc1)C(=O)O. The molecule has 2 atom stereocenters. The number of unbranched alkanes of at least 4 members (excludes halogenated alkanes) is 1. The average Bonchev–Trinajstić information content (AvgIpc) is 2.95. The predicted octanol–water partition coefficient (Wildman–Crippen LogP) is 2.78. The van der Waals surface area contributed by atoms with E-state index in [1.165, 1.54) is 19.0 Å². The zero-order valence-corrected chi connectivity index (χ0v) is 23.2. The summed E-state index contributed by atoms with van der Waals surface area (Å²) in [5.41, 5.74) is 1.87. The third kappa shape index (κ3) is 8.93. The molecule has 2 aromatic rings. The Morgan fingerprint density at radius 1 is 1.23 bits per heavy atom. The topological polar surface area (TPSA) is 130 Å². The first kappa shape index (κ1) is 30.4. The lowest BCUT2D eigenvalue weighted by atomic mass is 9.85. The highest BCUT2D eigenvalue weighted by atomic mass is 19.1. The second-order valence-electron chi connectivity index (χ2n) is 10.5. The van der Waals surface area contributed by atoms with Gasteiger partial charge in [0, 0.05) is 50.4 Å². The van der Waals surface area contributed by atoms with Crippen LogP contribution in [0.25, 0.3) is 0 Å². The van der Waals surface area contributed by atoms with Crippen molar-refractivity contribution in [3.63, 3.8) is 0 Å². The van der Waals surface area contributed by atoms with Gasteiger partial charge in [-0.15, -0.1) is 0 Å². The summed E-state index contributed by atoms with van der Waals surface area (Å²) >= 11 is 0. The Bertz CT molecular complexity index is 1070. The highest BCUT2D eigenvalue weighted by Gasteiger charge is 2.33. The van der Waals surface area contributed by atoms with Crippen LogP contribution in [0.5, 0.6) is 0 Å². The molecule has 0 radical (unpaired) electrons. The Labute approximate surface area is 229 Å². The number of aliphatic carboxylic acids is 1. The Morgan fingerprint density at radius 2 is 2.00 bits per heavy atom. The first-order valence-electron chi connectivity index (χ1n) is 13.6. The number of nitrogens with zero attached hydrogens (tertiary/aromatic N) is 4. The molecule has 1 amide bonds. The van der Waals surface area contributed by atoms with Gasteiger partial charge in [-0.3, -0.25) is 4.79 Å². The van der Waals surface area contributed by atoms with Gasteiger partial charge in [-0.2, -0.15) is 0 Å². The monoisotopic (exact) mass is 544 g/mol. The Kier molecular flexibility index (Phi) is 11.5. The molecule has 39 heavy (non-hydrogen) atoms.